The minimum absolute atomic E-state index is 0.0801. The van der Waals surface area contributed by atoms with E-state index in [1.165, 1.54) is 18.2 Å². The first kappa shape index (κ1) is 15.4. The van der Waals surface area contributed by atoms with Crippen LogP contribution in [0.15, 0.2) is 36.4 Å². The smallest absolute Gasteiger partial charge is 0.269 e. The number of hydrogen-bond donors (Lipinski definition) is 2. The van der Waals surface area contributed by atoms with Gasteiger partial charge in [-0.3, -0.25) is 14.9 Å². The minimum Gasteiger partial charge on any atom is -0.507 e. The molecule has 0 fully saturated rings. The molecule has 7 heteroatoms. The molecule has 22 heavy (non-hydrogen) atoms. The van der Waals surface area contributed by atoms with E-state index in [-0.39, 0.29) is 17.0 Å². The van der Waals surface area contributed by atoms with Crippen LogP contribution < -0.4 is 5.32 Å². The molecule has 6 nitrogen and oxygen atoms in total. The van der Waals surface area contributed by atoms with E-state index in [9.17, 15) is 24.4 Å². The second-order valence-corrected chi connectivity index (χ2v) is 4.57. The zero-order valence-corrected chi connectivity index (χ0v) is 11.7. The molecular weight excluding hydrogens is 291 g/mol. The molecule has 2 aromatic rings. The molecule has 0 bridgehead atoms. The number of amides is 1. The lowest BCUT2D eigenvalue weighted by molar-refractivity contribution is -0.384. The lowest BCUT2D eigenvalue weighted by Gasteiger charge is -2.10. The molecular formula is C15H13FN2O4. The fourth-order valence-corrected chi connectivity index (χ4v) is 1.99. The molecule has 0 atom stereocenters. The third-order valence-corrected chi connectivity index (χ3v) is 3.13. The van der Waals surface area contributed by atoms with E-state index in [0.29, 0.717) is 17.7 Å². The van der Waals surface area contributed by atoms with Gasteiger partial charge in [0.15, 0.2) is 0 Å². The van der Waals surface area contributed by atoms with Gasteiger partial charge < -0.3 is 10.4 Å². The van der Waals surface area contributed by atoms with Gasteiger partial charge in [-0.15, -0.1) is 0 Å². The summed E-state index contributed by atoms with van der Waals surface area (Å²) in [6.45, 7) is 1.79. The first-order valence-electron chi connectivity index (χ1n) is 6.49. The van der Waals surface area contributed by atoms with Crippen LogP contribution in [0.5, 0.6) is 5.75 Å². The number of carbonyl (C=O) groups is 1. The van der Waals surface area contributed by atoms with Crippen LogP contribution in [0.1, 0.15) is 22.8 Å². The molecule has 0 aliphatic heterocycles. The van der Waals surface area contributed by atoms with Gasteiger partial charge in [-0.05, 0) is 36.2 Å². The summed E-state index contributed by atoms with van der Waals surface area (Å²) in [5.41, 5.74) is 0.657. The summed E-state index contributed by atoms with van der Waals surface area (Å²) < 4.78 is 13.2. The molecule has 0 aliphatic carbocycles. The van der Waals surface area contributed by atoms with Gasteiger partial charge in [-0.2, -0.15) is 0 Å². The van der Waals surface area contributed by atoms with Crippen LogP contribution in [0.3, 0.4) is 0 Å². The average Bonchev–Trinajstić information content (AvgIpc) is 2.49. The van der Waals surface area contributed by atoms with Crippen LogP contribution in [0, 0.1) is 15.9 Å². The number of nitro benzene ring substituents is 1. The average molecular weight is 304 g/mol. The van der Waals surface area contributed by atoms with Crippen LogP contribution in [0.25, 0.3) is 0 Å². The van der Waals surface area contributed by atoms with Gasteiger partial charge in [-0.1, -0.05) is 6.92 Å². The standard InChI is InChI=1S/C15H13FN2O4/c1-2-9-7-11(18(21)22)4-5-13(9)17-15(20)12-8-10(16)3-6-14(12)19/h3-8,19H,2H2,1H3,(H,17,20). The number of halogens is 1. The number of carbonyl (C=O) groups excluding carboxylic acids is 1. The third-order valence-electron chi connectivity index (χ3n) is 3.13. The molecule has 0 aromatic heterocycles. The highest BCUT2D eigenvalue weighted by molar-refractivity contribution is 6.06. The highest BCUT2D eigenvalue weighted by Gasteiger charge is 2.15. The van der Waals surface area contributed by atoms with E-state index in [2.05, 4.69) is 5.32 Å². The zero-order valence-electron chi connectivity index (χ0n) is 11.7. The number of phenols is 1. The van der Waals surface area contributed by atoms with Crippen LogP contribution in [-0.2, 0) is 6.42 Å². The number of non-ortho nitro benzene ring substituents is 1. The molecule has 2 N–H and O–H groups in total. The summed E-state index contributed by atoms with van der Waals surface area (Å²) in [6.07, 6.45) is 0.465. The van der Waals surface area contributed by atoms with Gasteiger partial charge in [0.05, 0.1) is 10.5 Å². The number of anilines is 1. The summed E-state index contributed by atoms with van der Waals surface area (Å²) >= 11 is 0. The number of hydrogen-bond acceptors (Lipinski definition) is 4. The number of nitrogens with one attached hydrogen (secondary N) is 1. The number of aryl methyl sites for hydroxylation is 1. The summed E-state index contributed by atoms with van der Waals surface area (Å²) in [6, 6.07) is 7.07. The Balaban J connectivity index is 2.32. The van der Waals surface area contributed by atoms with Crippen LogP contribution in [0.4, 0.5) is 15.8 Å². The molecule has 1 amide bonds. The topological polar surface area (TPSA) is 92.5 Å². The van der Waals surface area contributed by atoms with Crippen molar-refractivity contribution in [1.82, 2.24) is 0 Å². The van der Waals surface area contributed by atoms with Gasteiger partial charge in [-0.25, -0.2) is 4.39 Å². The Kier molecular flexibility index (Phi) is 4.36. The number of rotatable bonds is 4. The summed E-state index contributed by atoms with van der Waals surface area (Å²) in [4.78, 5) is 22.3. The Hall–Kier alpha value is -2.96. The van der Waals surface area contributed by atoms with E-state index in [0.717, 1.165) is 18.2 Å². The summed E-state index contributed by atoms with van der Waals surface area (Å²) in [5, 5.41) is 22.9. The fraction of sp³-hybridized carbons (Fsp3) is 0.133. The highest BCUT2D eigenvalue weighted by atomic mass is 19.1. The second-order valence-electron chi connectivity index (χ2n) is 4.57. The SMILES string of the molecule is CCc1cc([N+](=O)[O-])ccc1NC(=O)c1cc(F)ccc1O. The van der Waals surface area contributed by atoms with Crippen molar-refractivity contribution in [2.75, 3.05) is 5.32 Å². The molecule has 0 saturated heterocycles. The van der Waals surface area contributed by atoms with Crippen molar-refractivity contribution >= 4 is 17.3 Å². The van der Waals surface area contributed by atoms with Gasteiger partial charge >= 0.3 is 0 Å². The van der Waals surface area contributed by atoms with Gasteiger partial charge in [0.25, 0.3) is 11.6 Å². The number of nitrogens with zero attached hydrogens (tertiary/aromatic N) is 1. The van der Waals surface area contributed by atoms with Gasteiger partial charge in [0.1, 0.15) is 11.6 Å². The Morgan fingerprint density at radius 1 is 1.32 bits per heavy atom. The molecule has 2 rings (SSSR count). The molecule has 0 heterocycles. The maximum absolute atomic E-state index is 13.2. The van der Waals surface area contributed by atoms with Crippen LogP contribution in [0.2, 0.25) is 0 Å². The summed E-state index contributed by atoms with van der Waals surface area (Å²) in [7, 11) is 0. The predicted octanol–water partition coefficient (Wildman–Crippen LogP) is 3.25. The summed E-state index contributed by atoms with van der Waals surface area (Å²) in [5.74, 6) is -1.69. The van der Waals surface area contributed by atoms with Crippen molar-refractivity contribution in [3.05, 3.63) is 63.5 Å². The van der Waals surface area contributed by atoms with Crippen LogP contribution in [-0.4, -0.2) is 15.9 Å². The molecule has 0 spiro atoms. The third kappa shape index (κ3) is 3.20. The van der Waals surface area contributed by atoms with E-state index in [4.69, 9.17) is 0 Å². The first-order chi connectivity index (χ1) is 10.4. The van der Waals surface area contributed by atoms with Gasteiger partial charge in [0.2, 0.25) is 0 Å². The molecule has 0 unspecified atom stereocenters. The predicted molar refractivity (Wildman–Crippen MR) is 78.5 cm³/mol. The lowest BCUT2D eigenvalue weighted by Crippen LogP contribution is -2.14. The molecule has 0 saturated carbocycles. The Labute approximate surface area is 125 Å². The second kappa shape index (κ2) is 6.21. The first-order valence-corrected chi connectivity index (χ1v) is 6.49. The Morgan fingerprint density at radius 2 is 2.05 bits per heavy atom. The lowest BCUT2D eigenvalue weighted by atomic mass is 10.1. The fourth-order valence-electron chi connectivity index (χ4n) is 1.99. The molecule has 0 radical (unpaired) electrons. The van der Waals surface area contributed by atoms with E-state index in [1.54, 1.807) is 6.92 Å². The van der Waals surface area contributed by atoms with Gasteiger partial charge in [0, 0.05) is 17.8 Å². The maximum atomic E-state index is 13.2. The van der Waals surface area contributed by atoms with Crippen molar-refractivity contribution in [1.29, 1.82) is 0 Å². The number of nitro groups is 1. The van der Waals surface area contributed by atoms with Crippen molar-refractivity contribution in [2.45, 2.75) is 13.3 Å². The normalized spacial score (nSPS) is 10.3. The maximum Gasteiger partial charge on any atom is 0.269 e. The monoisotopic (exact) mass is 304 g/mol. The quantitative estimate of drug-likeness (QED) is 0.670. The van der Waals surface area contributed by atoms with Crippen molar-refractivity contribution in [3.8, 4) is 5.75 Å². The number of benzene rings is 2. The Morgan fingerprint density at radius 3 is 2.68 bits per heavy atom. The molecule has 0 aliphatic rings. The van der Waals surface area contributed by atoms with E-state index >= 15 is 0 Å². The Bertz CT molecular complexity index is 746. The van der Waals surface area contributed by atoms with E-state index < -0.39 is 16.6 Å². The molecule has 2 aromatic carbocycles. The van der Waals surface area contributed by atoms with Crippen molar-refractivity contribution < 1.29 is 19.2 Å². The minimum atomic E-state index is -0.694. The number of aromatic hydroxyl groups is 1. The number of phenolic OH excluding ortho intramolecular Hbond substituents is 1. The zero-order chi connectivity index (χ0) is 16.3. The highest BCUT2D eigenvalue weighted by Crippen LogP contribution is 2.25. The largest absolute Gasteiger partial charge is 0.507 e. The van der Waals surface area contributed by atoms with Crippen molar-refractivity contribution in [2.24, 2.45) is 0 Å². The molecule has 114 valence electrons. The van der Waals surface area contributed by atoms with Crippen LogP contribution >= 0.6 is 0 Å². The van der Waals surface area contributed by atoms with E-state index in [1.807, 2.05) is 0 Å². The van der Waals surface area contributed by atoms with Crippen molar-refractivity contribution in [3.63, 3.8) is 0 Å².